The lowest BCUT2D eigenvalue weighted by molar-refractivity contribution is 0.101. The molecular formula is C12H14N4O4S. The lowest BCUT2D eigenvalue weighted by Gasteiger charge is -2.11. The van der Waals surface area contributed by atoms with Crippen molar-refractivity contribution in [1.82, 2.24) is 9.78 Å². The van der Waals surface area contributed by atoms with Crippen molar-refractivity contribution in [3.05, 3.63) is 36.2 Å². The number of rotatable bonds is 4. The van der Waals surface area contributed by atoms with E-state index in [0.29, 0.717) is 11.4 Å². The zero-order valence-corrected chi connectivity index (χ0v) is 12.2. The van der Waals surface area contributed by atoms with Crippen LogP contribution < -0.4 is 15.2 Å². The fraction of sp³-hybridized carbons (Fsp3) is 0.167. The fourth-order valence-corrected chi connectivity index (χ4v) is 2.28. The Morgan fingerprint density at radius 1 is 1.38 bits per heavy atom. The van der Waals surface area contributed by atoms with Crippen molar-refractivity contribution < 1.29 is 17.9 Å². The average molecular weight is 310 g/mol. The Labute approximate surface area is 121 Å². The maximum absolute atomic E-state index is 12.1. The molecule has 1 aromatic carbocycles. The van der Waals surface area contributed by atoms with Gasteiger partial charge in [0, 0.05) is 13.2 Å². The third-order valence-corrected chi connectivity index (χ3v) is 3.71. The highest BCUT2D eigenvalue weighted by Crippen LogP contribution is 2.27. The maximum atomic E-state index is 12.1. The van der Waals surface area contributed by atoms with Crippen LogP contribution in [0.4, 0.5) is 5.69 Å². The van der Waals surface area contributed by atoms with E-state index in [2.05, 4.69) is 10.4 Å². The molecular weight excluding hydrogens is 296 g/mol. The molecule has 3 N–H and O–H groups in total. The molecule has 21 heavy (non-hydrogen) atoms. The second-order valence-electron chi connectivity index (χ2n) is 4.20. The number of carbonyl (C=O) groups excluding carboxylic acids is 1. The van der Waals surface area contributed by atoms with Gasteiger partial charge in [0.05, 0.1) is 17.7 Å². The van der Waals surface area contributed by atoms with Crippen LogP contribution in [0.5, 0.6) is 5.75 Å². The van der Waals surface area contributed by atoms with Crippen molar-refractivity contribution in [2.45, 2.75) is 4.90 Å². The molecule has 0 unspecified atom stereocenters. The molecule has 112 valence electrons. The van der Waals surface area contributed by atoms with Gasteiger partial charge in [-0.25, -0.2) is 13.6 Å². The fourth-order valence-electron chi connectivity index (χ4n) is 1.74. The van der Waals surface area contributed by atoms with E-state index in [9.17, 15) is 13.2 Å². The van der Waals surface area contributed by atoms with Crippen LogP contribution in [-0.4, -0.2) is 31.2 Å². The van der Waals surface area contributed by atoms with E-state index in [1.165, 1.54) is 42.3 Å². The van der Waals surface area contributed by atoms with Crippen LogP contribution in [0.1, 0.15) is 10.5 Å². The molecule has 8 nitrogen and oxygen atoms in total. The van der Waals surface area contributed by atoms with Gasteiger partial charge in [-0.3, -0.25) is 9.48 Å². The first kappa shape index (κ1) is 15.0. The summed E-state index contributed by atoms with van der Waals surface area (Å²) in [6.45, 7) is 0. The minimum atomic E-state index is -3.87. The Kier molecular flexibility index (Phi) is 3.96. The molecule has 1 heterocycles. The number of hydrogen-bond donors (Lipinski definition) is 2. The highest BCUT2D eigenvalue weighted by molar-refractivity contribution is 7.89. The highest BCUT2D eigenvalue weighted by Gasteiger charge is 2.16. The molecule has 0 atom stereocenters. The molecule has 0 aliphatic carbocycles. The average Bonchev–Trinajstić information content (AvgIpc) is 2.84. The third-order valence-electron chi connectivity index (χ3n) is 2.80. The van der Waals surface area contributed by atoms with Gasteiger partial charge in [0.1, 0.15) is 11.4 Å². The maximum Gasteiger partial charge on any atom is 0.274 e. The summed E-state index contributed by atoms with van der Waals surface area (Å²) in [4.78, 5) is 12.0. The van der Waals surface area contributed by atoms with Gasteiger partial charge >= 0.3 is 0 Å². The Hall–Kier alpha value is -2.39. The lowest BCUT2D eigenvalue weighted by Crippen LogP contribution is -2.18. The zero-order chi connectivity index (χ0) is 15.6. The normalized spacial score (nSPS) is 11.2. The van der Waals surface area contributed by atoms with Crippen LogP contribution in [0, 0.1) is 0 Å². The number of hydrogen-bond acceptors (Lipinski definition) is 5. The smallest absolute Gasteiger partial charge is 0.274 e. The number of nitrogens with one attached hydrogen (secondary N) is 1. The van der Waals surface area contributed by atoms with Crippen LogP contribution in [0.15, 0.2) is 35.4 Å². The topological polar surface area (TPSA) is 116 Å². The second kappa shape index (κ2) is 5.54. The summed E-state index contributed by atoms with van der Waals surface area (Å²) in [5.74, 6) is -0.127. The number of nitrogens with zero attached hydrogens (tertiary/aromatic N) is 2. The van der Waals surface area contributed by atoms with Gasteiger partial charge in [-0.15, -0.1) is 0 Å². The Morgan fingerprint density at radius 2 is 2.10 bits per heavy atom. The second-order valence-corrected chi connectivity index (χ2v) is 5.76. The number of ether oxygens (including phenoxy) is 1. The number of anilines is 1. The molecule has 0 bridgehead atoms. The first-order valence-electron chi connectivity index (χ1n) is 5.83. The van der Waals surface area contributed by atoms with Crippen LogP contribution in [0.25, 0.3) is 0 Å². The van der Waals surface area contributed by atoms with E-state index in [-0.39, 0.29) is 10.6 Å². The van der Waals surface area contributed by atoms with E-state index in [0.717, 1.165) is 0 Å². The minimum Gasteiger partial charge on any atom is -0.495 e. The number of amides is 1. The number of carbonyl (C=O) groups is 1. The first-order chi connectivity index (χ1) is 9.82. The molecule has 0 saturated carbocycles. The Morgan fingerprint density at radius 3 is 2.62 bits per heavy atom. The molecule has 9 heteroatoms. The van der Waals surface area contributed by atoms with Crippen molar-refractivity contribution in [2.75, 3.05) is 12.4 Å². The van der Waals surface area contributed by atoms with E-state index < -0.39 is 15.9 Å². The van der Waals surface area contributed by atoms with Crippen molar-refractivity contribution in [3.63, 3.8) is 0 Å². The monoisotopic (exact) mass is 310 g/mol. The Bertz CT molecular complexity index is 782. The standard InChI is InChI=1S/C12H14N4O4S/c1-16-10(5-6-14-16)12(17)15-9-7-8(21(13,18)19)3-4-11(9)20-2/h3-7H,1-2H3,(H,15,17)(H2,13,18,19). The van der Waals surface area contributed by atoms with Crippen molar-refractivity contribution in [2.24, 2.45) is 12.2 Å². The van der Waals surface area contributed by atoms with Crippen molar-refractivity contribution >= 4 is 21.6 Å². The molecule has 0 fully saturated rings. The number of aryl methyl sites for hydroxylation is 1. The zero-order valence-electron chi connectivity index (χ0n) is 11.4. The van der Waals surface area contributed by atoms with Gasteiger partial charge in [0.25, 0.3) is 5.91 Å². The molecule has 1 amide bonds. The molecule has 0 saturated heterocycles. The summed E-state index contributed by atoms with van der Waals surface area (Å²) < 4.78 is 29.2. The van der Waals surface area contributed by atoms with Crippen LogP contribution in [0.2, 0.25) is 0 Å². The summed E-state index contributed by atoms with van der Waals surface area (Å²) >= 11 is 0. The number of aromatic nitrogens is 2. The summed E-state index contributed by atoms with van der Waals surface area (Å²) in [6, 6.07) is 5.49. The van der Waals surface area contributed by atoms with E-state index in [1.54, 1.807) is 7.05 Å². The van der Waals surface area contributed by atoms with Gasteiger partial charge in [0.2, 0.25) is 10.0 Å². The number of benzene rings is 1. The van der Waals surface area contributed by atoms with E-state index >= 15 is 0 Å². The molecule has 1 aromatic heterocycles. The Balaban J connectivity index is 2.38. The predicted octanol–water partition coefficient (Wildman–Crippen LogP) is 0.328. The van der Waals surface area contributed by atoms with E-state index in [1.807, 2.05) is 0 Å². The number of methoxy groups -OCH3 is 1. The molecule has 0 aliphatic heterocycles. The van der Waals surface area contributed by atoms with Crippen molar-refractivity contribution in [3.8, 4) is 5.75 Å². The van der Waals surface area contributed by atoms with Gasteiger partial charge < -0.3 is 10.1 Å². The molecule has 0 aliphatic rings. The molecule has 0 spiro atoms. The SMILES string of the molecule is COc1ccc(S(N)(=O)=O)cc1NC(=O)c1ccnn1C. The molecule has 2 aromatic rings. The first-order valence-corrected chi connectivity index (χ1v) is 7.38. The largest absolute Gasteiger partial charge is 0.495 e. The minimum absolute atomic E-state index is 0.122. The van der Waals surface area contributed by atoms with Gasteiger partial charge in [-0.2, -0.15) is 5.10 Å². The summed E-state index contributed by atoms with van der Waals surface area (Å²) in [5.41, 5.74) is 0.522. The quantitative estimate of drug-likeness (QED) is 0.844. The van der Waals surface area contributed by atoms with Gasteiger partial charge in [-0.05, 0) is 24.3 Å². The van der Waals surface area contributed by atoms with E-state index in [4.69, 9.17) is 9.88 Å². The number of sulfonamides is 1. The third kappa shape index (κ3) is 3.20. The lowest BCUT2D eigenvalue weighted by atomic mass is 10.2. The highest BCUT2D eigenvalue weighted by atomic mass is 32.2. The van der Waals surface area contributed by atoms with Gasteiger partial charge in [0.15, 0.2) is 0 Å². The number of nitrogens with two attached hydrogens (primary N) is 1. The van der Waals surface area contributed by atoms with Crippen LogP contribution >= 0.6 is 0 Å². The molecule has 0 radical (unpaired) electrons. The predicted molar refractivity (Wildman–Crippen MR) is 75.5 cm³/mol. The summed E-state index contributed by atoms with van der Waals surface area (Å²) in [6.07, 6.45) is 1.48. The van der Waals surface area contributed by atoms with Crippen LogP contribution in [-0.2, 0) is 17.1 Å². The summed E-state index contributed by atoms with van der Waals surface area (Å²) in [7, 11) is -0.846. The van der Waals surface area contributed by atoms with Crippen molar-refractivity contribution in [1.29, 1.82) is 0 Å². The molecule has 2 rings (SSSR count). The summed E-state index contributed by atoms with van der Waals surface area (Å²) in [5, 5.41) is 11.5. The van der Waals surface area contributed by atoms with Gasteiger partial charge in [-0.1, -0.05) is 0 Å². The van der Waals surface area contributed by atoms with Crippen LogP contribution in [0.3, 0.4) is 0 Å². The number of primary sulfonamides is 1.